The highest BCUT2D eigenvalue weighted by atomic mass is 32.2. The molecule has 4 heteroatoms. The Bertz CT molecular complexity index is 802. The lowest BCUT2D eigenvalue weighted by atomic mass is 10.1. The molecule has 0 aliphatic rings. The molecule has 0 aliphatic carbocycles. The number of hydrogen-bond donors (Lipinski definition) is 1. The van der Waals surface area contributed by atoms with Gasteiger partial charge in [-0.05, 0) is 23.6 Å². The summed E-state index contributed by atoms with van der Waals surface area (Å²) in [4.78, 5) is 0.923. The first-order chi connectivity index (χ1) is 10.2. The molecule has 3 aromatic carbocycles. The van der Waals surface area contributed by atoms with E-state index in [2.05, 4.69) is 0 Å². The first-order valence-corrected chi connectivity index (χ1v) is 7.42. The molecule has 0 heterocycles. The number of phenols is 1. The van der Waals surface area contributed by atoms with Gasteiger partial charge in [0, 0.05) is 21.6 Å². The van der Waals surface area contributed by atoms with Crippen molar-refractivity contribution < 1.29 is 13.9 Å². The maximum absolute atomic E-state index is 13.7. The SMILES string of the molecule is Oc1ccc(SCc2cccc(F)c2F)c2ccccc12. The van der Waals surface area contributed by atoms with Crippen LogP contribution in [0, 0.1) is 11.6 Å². The highest BCUT2D eigenvalue weighted by Gasteiger charge is 2.10. The Labute approximate surface area is 125 Å². The Hall–Kier alpha value is -2.07. The third kappa shape index (κ3) is 2.72. The Morgan fingerprint density at radius 2 is 1.62 bits per heavy atom. The summed E-state index contributed by atoms with van der Waals surface area (Å²) in [5.74, 6) is -1.08. The first kappa shape index (κ1) is 13.9. The van der Waals surface area contributed by atoms with Gasteiger partial charge >= 0.3 is 0 Å². The van der Waals surface area contributed by atoms with E-state index in [9.17, 15) is 13.9 Å². The van der Waals surface area contributed by atoms with Crippen LogP contribution in [0.2, 0.25) is 0 Å². The van der Waals surface area contributed by atoms with Gasteiger partial charge in [-0.25, -0.2) is 8.78 Å². The summed E-state index contributed by atoms with van der Waals surface area (Å²) >= 11 is 1.42. The standard InChI is InChI=1S/C17H12F2OS/c18-14-7-3-4-11(17(14)19)10-21-16-9-8-15(20)12-5-1-2-6-13(12)16/h1-9,20H,10H2. The van der Waals surface area contributed by atoms with Crippen LogP contribution >= 0.6 is 11.8 Å². The van der Waals surface area contributed by atoms with Crippen LogP contribution in [-0.4, -0.2) is 5.11 Å². The molecule has 0 atom stereocenters. The topological polar surface area (TPSA) is 20.2 Å². The molecule has 0 spiro atoms. The average molecular weight is 302 g/mol. The number of rotatable bonds is 3. The lowest BCUT2D eigenvalue weighted by Crippen LogP contribution is -1.91. The minimum atomic E-state index is -0.830. The Morgan fingerprint density at radius 1 is 0.857 bits per heavy atom. The summed E-state index contributed by atoms with van der Waals surface area (Å²) in [6.07, 6.45) is 0. The van der Waals surface area contributed by atoms with E-state index in [1.54, 1.807) is 18.2 Å². The summed E-state index contributed by atoms with van der Waals surface area (Å²) in [5.41, 5.74) is 0.331. The average Bonchev–Trinajstić information content (AvgIpc) is 2.51. The van der Waals surface area contributed by atoms with Gasteiger partial charge in [-0.3, -0.25) is 0 Å². The fourth-order valence-electron chi connectivity index (χ4n) is 2.20. The fourth-order valence-corrected chi connectivity index (χ4v) is 3.23. The van der Waals surface area contributed by atoms with E-state index in [0.29, 0.717) is 11.3 Å². The molecule has 0 bridgehead atoms. The fraction of sp³-hybridized carbons (Fsp3) is 0.0588. The summed E-state index contributed by atoms with van der Waals surface area (Å²) in [6.45, 7) is 0. The second kappa shape index (κ2) is 5.74. The molecule has 21 heavy (non-hydrogen) atoms. The second-order valence-corrected chi connectivity index (χ2v) is 5.65. The zero-order valence-corrected chi connectivity index (χ0v) is 11.8. The van der Waals surface area contributed by atoms with Gasteiger partial charge in [0.15, 0.2) is 11.6 Å². The number of benzene rings is 3. The molecule has 0 saturated heterocycles. The van der Waals surface area contributed by atoms with E-state index in [-0.39, 0.29) is 5.75 Å². The van der Waals surface area contributed by atoms with Crippen LogP contribution in [0.1, 0.15) is 5.56 Å². The van der Waals surface area contributed by atoms with Crippen LogP contribution in [0.4, 0.5) is 8.78 Å². The van der Waals surface area contributed by atoms with Gasteiger partial charge in [-0.15, -0.1) is 11.8 Å². The van der Waals surface area contributed by atoms with E-state index < -0.39 is 11.6 Å². The van der Waals surface area contributed by atoms with Gasteiger partial charge in [-0.2, -0.15) is 0 Å². The highest BCUT2D eigenvalue weighted by Crippen LogP contribution is 2.35. The normalized spacial score (nSPS) is 11.0. The molecule has 1 N–H and O–H groups in total. The second-order valence-electron chi connectivity index (χ2n) is 4.63. The molecule has 106 valence electrons. The Morgan fingerprint density at radius 3 is 2.43 bits per heavy atom. The minimum Gasteiger partial charge on any atom is -0.507 e. The predicted octanol–water partition coefficient (Wildman–Crippen LogP) is 5.12. The lowest BCUT2D eigenvalue weighted by molar-refractivity contribution is 0.481. The number of aromatic hydroxyl groups is 1. The van der Waals surface area contributed by atoms with Crippen molar-refractivity contribution in [2.75, 3.05) is 0 Å². The van der Waals surface area contributed by atoms with E-state index in [4.69, 9.17) is 0 Å². The van der Waals surface area contributed by atoms with Crippen molar-refractivity contribution in [1.82, 2.24) is 0 Å². The third-order valence-corrected chi connectivity index (χ3v) is 4.40. The third-order valence-electron chi connectivity index (χ3n) is 3.28. The molecule has 0 radical (unpaired) electrons. The number of halogens is 2. The molecule has 0 amide bonds. The van der Waals surface area contributed by atoms with Crippen molar-refractivity contribution in [2.24, 2.45) is 0 Å². The molecular weight excluding hydrogens is 290 g/mol. The van der Waals surface area contributed by atoms with Crippen LogP contribution in [-0.2, 0) is 5.75 Å². The van der Waals surface area contributed by atoms with Crippen molar-refractivity contribution in [3.05, 3.63) is 71.8 Å². The lowest BCUT2D eigenvalue weighted by Gasteiger charge is -2.08. The zero-order chi connectivity index (χ0) is 14.8. The van der Waals surface area contributed by atoms with Crippen molar-refractivity contribution >= 4 is 22.5 Å². The molecule has 0 unspecified atom stereocenters. The first-order valence-electron chi connectivity index (χ1n) is 6.43. The highest BCUT2D eigenvalue weighted by molar-refractivity contribution is 7.98. The molecule has 1 nitrogen and oxygen atoms in total. The van der Waals surface area contributed by atoms with E-state index in [0.717, 1.165) is 21.7 Å². The van der Waals surface area contributed by atoms with Gasteiger partial charge in [0.05, 0.1) is 0 Å². The van der Waals surface area contributed by atoms with E-state index >= 15 is 0 Å². The zero-order valence-electron chi connectivity index (χ0n) is 11.0. The molecule has 3 rings (SSSR count). The molecule has 0 saturated carbocycles. The number of phenolic OH excluding ortho intramolecular Hbond substituents is 1. The minimum absolute atomic E-state index is 0.215. The monoisotopic (exact) mass is 302 g/mol. The Kier molecular flexibility index (Phi) is 3.80. The van der Waals surface area contributed by atoms with Crippen molar-refractivity contribution in [2.45, 2.75) is 10.6 Å². The quantitative estimate of drug-likeness (QED) is 0.678. The Balaban J connectivity index is 1.92. The van der Waals surface area contributed by atoms with E-state index in [1.165, 1.54) is 17.8 Å². The van der Waals surface area contributed by atoms with E-state index in [1.807, 2.05) is 24.3 Å². The largest absolute Gasteiger partial charge is 0.507 e. The molecule has 0 fully saturated rings. The molecule has 0 aliphatic heterocycles. The number of thioether (sulfide) groups is 1. The van der Waals surface area contributed by atoms with Crippen LogP contribution in [0.25, 0.3) is 10.8 Å². The van der Waals surface area contributed by atoms with Crippen LogP contribution in [0.5, 0.6) is 5.75 Å². The smallest absolute Gasteiger partial charge is 0.162 e. The van der Waals surface area contributed by atoms with Gasteiger partial charge in [0.25, 0.3) is 0 Å². The summed E-state index contributed by atoms with van der Waals surface area (Å²) < 4.78 is 26.8. The molecule has 3 aromatic rings. The van der Waals surface area contributed by atoms with Gasteiger partial charge in [-0.1, -0.05) is 36.4 Å². The van der Waals surface area contributed by atoms with Crippen molar-refractivity contribution in [3.63, 3.8) is 0 Å². The van der Waals surface area contributed by atoms with Crippen LogP contribution < -0.4 is 0 Å². The van der Waals surface area contributed by atoms with Crippen molar-refractivity contribution in [1.29, 1.82) is 0 Å². The summed E-state index contributed by atoms with van der Waals surface area (Å²) in [5, 5.41) is 11.5. The maximum atomic E-state index is 13.7. The maximum Gasteiger partial charge on any atom is 0.162 e. The number of fused-ring (bicyclic) bond motifs is 1. The van der Waals surface area contributed by atoms with Gasteiger partial charge < -0.3 is 5.11 Å². The molecule has 0 aromatic heterocycles. The molecular formula is C17H12F2OS. The summed E-state index contributed by atoms with van der Waals surface area (Å²) in [7, 11) is 0. The van der Waals surface area contributed by atoms with Gasteiger partial charge in [0.2, 0.25) is 0 Å². The van der Waals surface area contributed by atoms with Gasteiger partial charge in [0.1, 0.15) is 5.75 Å². The van der Waals surface area contributed by atoms with Crippen molar-refractivity contribution in [3.8, 4) is 5.75 Å². The predicted molar refractivity (Wildman–Crippen MR) is 81.5 cm³/mol. The summed E-state index contributed by atoms with van der Waals surface area (Å²) in [6, 6.07) is 15.1. The number of hydrogen-bond acceptors (Lipinski definition) is 2. The van der Waals surface area contributed by atoms with Crippen LogP contribution in [0.3, 0.4) is 0 Å². The van der Waals surface area contributed by atoms with Crippen LogP contribution in [0.15, 0.2) is 59.5 Å².